The fourth-order valence-electron chi connectivity index (χ4n) is 3.27. The van der Waals surface area contributed by atoms with Gasteiger partial charge >= 0.3 is 0 Å². The predicted molar refractivity (Wildman–Crippen MR) is 108 cm³/mol. The number of carbonyl (C=O) groups excluding carboxylic acids is 1. The maximum Gasteiger partial charge on any atom is 0.263 e. The lowest BCUT2D eigenvalue weighted by atomic mass is 10.2. The minimum atomic E-state index is -0.430. The third-order valence-corrected chi connectivity index (χ3v) is 4.97. The number of hydrogen-bond acceptors (Lipinski definition) is 4. The molecule has 1 aliphatic heterocycles. The first kappa shape index (κ1) is 19.1. The lowest BCUT2D eigenvalue weighted by Gasteiger charge is -2.37. The maximum atomic E-state index is 12.9. The fourth-order valence-corrected chi connectivity index (χ4v) is 3.27. The quantitative estimate of drug-likeness (QED) is 0.783. The van der Waals surface area contributed by atoms with E-state index in [-0.39, 0.29) is 5.91 Å². The van der Waals surface area contributed by atoms with Gasteiger partial charge in [-0.1, -0.05) is 24.6 Å². The highest BCUT2D eigenvalue weighted by molar-refractivity contribution is 5.81. The summed E-state index contributed by atoms with van der Waals surface area (Å²) in [6, 6.07) is 15.9. The molecule has 0 bridgehead atoms. The Hall–Kier alpha value is -2.69. The number of piperazine rings is 1. The third kappa shape index (κ3) is 4.73. The van der Waals surface area contributed by atoms with Crippen LogP contribution in [0.2, 0.25) is 0 Å². The number of anilines is 1. The molecule has 1 atom stereocenters. The summed E-state index contributed by atoms with van der Waals surface area (Å²) in [7, 11) is 1.67. The van der Waals surface area contributed by atoms with E-state index in [1.54, 1.807) is 7.11 Å². The van der Waals surface area contributed by atoms with Crippen LogP contribution in [-0.2, 0) is 4.79 Å². The maximum absolute atomic E-state index is 12.9. The molecular weight excluding hydrogens is 340 g/mol. The molecule has 0 unspecified atom stereocenters. The van der Waals surface area contributed by atoms with Gasteiger partial charge in [0.15, 0.2) is 6.10 Å². The largest absolute Gasteiger partial charge is 0.497 e. The average molecular weight is 368 g/mol. The topological polar surface area (TPSA) is 42.0 Å². The summed E-state index contributed by atoms with van der Waals surface area (Å²) >= 11 is 0. The average Bonchev–Trinajstić information content (AvgIpc) is 2.73. The van der Waals surface area contributed by atoms with Gasteiger partial charge in [-0.15, -0.1) is 0 Å². The first-order valence-corrected chi connectivity index (χ1v) is 9.52. The summed E-state index contributed by atoms with van der Waals surface area (Å²) in [6.07, 6.45) is 0.228. The van der Waals surface area contributed by atoms with Crippen LogP contribution in [0.3, 0.4) is 0 Å². The van der Waals surface area contributed by atoms with Crippen molar-refractivity contribution in [3.05, 3.63) is 54.1 Å². The summed E-state index contributed by atoms with van der Waals surface area (Å²) in [5.74, 6) is 1.68. The monoisotopic (exact) mass is 368 g/mol. The molecule has 0 spiro atoms. The number of aryl methyl sites for hydroxylation is 1. The molecule has 1 saturated heterocycles. The zero-order valence-electron chi connectivity index (χ0n) is 16.4. The number of methoxy groups -OCH3 is 1. The zero-order valence-corrected chi connectivity index (χ0v) is 16.4. The smallest absolute Gasteiger partial charge is 0.263 e. The van der Waals surface area contributed by atoms with Gasteiger partial charge in [0.2, 0.25) is 0 Å². The molecule has 1 aliphatic rings. The molecule has 0 aliphatic carbocycles. The van der Waals surface area contributed by atoms with Crippen LogP contribution in [0.5, 0.6) is 11.5 Å². The highest BCUT2D eigenvalue weighted by Crippen LogP contribution is 2.21. The molecule has 5 heteroatoms. The Bertz CT molecular complexity index is 735. The van der Waals surface area contributed by atoms with E-state index in [0.29, 0.717) is 19.5 Å². The Morgan fingerprint density at radius 1 is 0.963 bits per heavy atom. The zero-order chi connectivity index (χ0) is 19.2. The second kappa shape index (κ2) is 8.80. The first-order valence-electron chi connectivity index (χ1n) is 9.52. The van der Waals surface area contributed by atoms with Crippen LogP contribution < -0.4 is 14.4 Å². The van der Waals surface area contributed by atoms with Crippen molar-refractivity contribution in [1.82, 2.24) is 4.90 Å². The number of rotatable bonds is 6. The molecule has 1 fully saturated rings. The summed E-state index contributed by atoms with van der Waals surface area (Å²) in [4.78, 5) is 17.1. The molecule has 0 saturated carbocycles. The van der Waals surface area contributed by atoms with Gasteiger partial charge in [-0.25, -0.2) is 0 Å². The molecule has 2 aromatic carbocycles. The van der Waals surface area contributed by atoms with Crippen molar-refractivity contribution < 1.29 is 14.3 Å². The van der Waals surface area contributed by atoms with E-state index < -0.39 is 6.10 Å². The van der Waals surface area contributed by atoms with Crippen molar-refractivity contribution in [2.75, 3.05) is 38.2 Å². The summed E-state index contributed by atoms with van der Waals surface area (Å²) in [5, 5.41) is 0. The second-order valence-corrected chi connectivity index (χ2v) is 6.84. The molecule has 1 amide bonds. The molecule has 3 rings (SSSR count). The Balaban J connectivity index is 1.56. The summed E-state index contributed by atoms with van der Waals surface area (Å²) in [5.41, 5.74) is 2.34. The lowest BCUT2D eigenvalue weighted by molar-refractivity contribution is -0.139. The first-order chi connectivity index (χ1) is 13.1. The number of carbonyl (C=O) groups is 1. The van der Waals surface area contributed by atoms with Gasteiger partial charge in [0.1, 0.15) is 11.5 Å². The van der Waals surface area contributed by atoms with Gasteiger partial charge in [0.25, 0.3) is 5.91 Å². The van der Waals surface area contributed by atoms with Crippen LogP contribution in [-0.4, -0.2) is 50.2 Å². The predicted octanol–water partition coefficient (Wildman–Crippen LogP) is 3.51. The van der Waals surface area contributed by atoms with Crippen LogP contribution in [0.15, 0.2) is 48.5 Å². The van der Waals surface area contributed by atoms with Crippen LogP contribution in [0.1, 0.15) is 18.9 Å². The molecular formula is C22H28N2O3. The number of nitrogens with zero attached hydrogens (tertiary/aromatic N) is 2. The normalized spacial score (nSPS) is 15.4. The van der Waals surface area contributed by atoms with E-state index in [9.17, 15) is 4.79 Å². The Morgan fingerprint density at radius 2 is 1.56 bits per heavy atom. The van der Waals surface area contributed by atoms with Crippen molar-refractivity contribution in [2.45, 2.75) is 26.4 Å². The number of amides is 1. The van der Waals surface area contributed by atoms with Gasteiger partial charge in [-0.3, -0.25) is 4.79 Å². The SMILES string of the molecule is CC[C@H](Oc1ccc(C)cc1)C(=O)N1CCN(c2ccc(OC)cc2)CC1. The van der Waals surface area contributed by atoms with E-state index in [1.807, 2.05) is 55.1 Å². The highest BCUT2D eigenvalue weighted by Gasteiger charge is 2.28. The van der Waals surface area contributed by atoms with E-state index >= 15 is 0 Å². The Morgan fingerprint density at radius 3 is 2.11 bits per heavy atom. The molecule has 5 nitrogen and oxygen atoms in total. The molecule has 27 heavy (non-hydrogen) atoms. The van der Waals surface area contributed by atoms with Crippen molar-refractivity contribution in [1.29, 1.82) is 0 Å². The molecule has 144 valence electrons. The standard InChI is InChI=1S/C22H28N2O3/c1-4-21(27-20-9-5-17(2)6-10-20)22(25)24-15-13-23(14-16-24)18-7-11-19(26-3)12-8-18/h5-12,21H,4,13-16H2,1-3H3/t21-/m0/s1. The summed E-state index contributed by atoms with van der Waals surface area (Å²) < 4.78 is 11.2. The van der Waals surface area contributed by atoms with Crippen LogP contribution in [0.25, 0.3) is 0 Å². The Labute approximate surface area is 161 Å². The molecule has 0 aromatic heterocycles. The van der Waals surface area contributed by atoms with Crippen LogP contribution in [0.4, 0.5) is 5.69 Å². The Kier molecular flexibility index (Phi) is 6.22. The van der Waals surface area contributed by atoms with Crippen LogP contribution in [0, 0.1) is 6.92 Å². The van der Waals surface area contributed by atoms with Gasteiger partial charge in [0.05, 0.1) is 7.11 Å². The van der Waals surface area contributed by atoms with E-state index in [1.165, 1.54) is 5.56 Å². The van der Waals surface area contributed by atoms with Crippen LogP contribution >= 0.6 is 0 Å². The highest BCUT2D eigenvalue weighted by atomic mass is 16.5. The van der Waals surface area contributed by atoms with Gasteiger partial charge in [0, 0.05) is 31.9 Å². The van der Waals surface area contributed by atoms with Crippen molar-refractivity contribution >= 4 is 11.6 Å². The molecule has 2 aromatic rings. The lowest BCUT2D eigenvalue weighted by Crippen LogP contribution is -2.52. The number of ether oxygens (including phenoxy) is 2. The van der Waals surface area contributed by atoms with Crippen molar-refractivity contribution in [3.63, 3.8) is 0 Å². The fraction of sp³-hybridized carbons (Fsp3) is 0.409. The van der Waals surface area contributed by atoms with Gasteiger partial charge in [-0.05, 0) is 49.7 Å². The minimum Gasteiger partial charge on any atom is -0.497 e. The molecule has 0 N–H and O–H groups in total. The van der Waals surface area contributed by atoms with E-state index in [0.717, 1.165) is 30.3 Å². The number of benzene rings is 2. The molecule has 1 heterocycles. The van der Waals surface area contributed by atoms with Crippen molar-refractivity contribution in [3.8, 4) is 11.5 Å². The number of hydrogen-bond donors (Lipinski definition) is 0. The molecule has 0 radical (unpaired) electrons. The van der Waals surface area contributed by atoms with E-state index in [4.69, 9.17) is 9.47 Å². The summed E-state index contributed by atoms with van der Waals surface area (Å²) in [6.45, 7) is 7.08. The van der Waals surface area contributed by atoms with E-state index in [2.05, 4.69) is 17.0 Å². The van der Waals surface area contributed by atoms with Gasteiger partial charge < -0.3 is 19.3 Å². The third-order valence-electron chi connectivity index (χ3n) is 4.97. The minimum absolute atomic E-state index is 0.0763. The second-order valence-electron chi connectivity index (χ2n) is 6.84. The van der Waals surface area contributed by atoms with Gasteiger partial charge in [-0.2, -0.15) is 0 Å². The van der Waals surface area contributed by atoms with Crippen molar-refractivity contribution in [2.24, 2.45) is 0 Å².